The highest BCUT2D eigenvalue weighted by Gasteiger charge is 2.07. The summed E-state index contributed by atoms with van der Waals surface area (Å²) >= 11 is 0. The maximum absolute atomic E-state index is 13.2. The Morgan fingerprint density at radius 3 is 3.07 bits per heavy atom. The molecule has 0 fully saturated rings. The highest BCUT2D eigenvalue weighted by molar-refractivity contribution is 5.77. The van der Waals surface area contributed by atoms with Gasteiger partial charge < -0.3 is 5.11 Å². The number of benzene rings is 1. The van der Waals surface area contributed by atoms with E-state index in [1.165, 1.54) is 12.1 Å². The Kier molecular flexibility index (Phi) is 2.24. The molecule has 1 heterocycles. The van der Waals surface area contributed by atoms with Crippen LogP contribution in [0.25, 0.3) is 17.1 Å². The first-order valence-corrected chi connectivity index (χ1v) is 4.00. The van der Waals surface area contributed by atoms with E-state index in [4.69, 9.17) is 5.11 Å². The lowest BCUT2D eigenvalue weighted by Crippen LogP contribution is -1.82. The van der Waals surface area contributed by atoms with E-state index in [2.05, 4.69) is 14.9 Å². The van der Waals surface area contributed by atoms with E-state index in [1.807, 2.05) is 0 Å². The number of aromatic nitrogens is 2. The summed E-state index contributed by atoms with van der Waals surface area (Å²) in [5.74, 6) is -0.485. The predicted octanol–water partition coefficient (Wildman–Crippen LogP) is 1.37. The van der Waals surface area contributed by atoms with Gasteiger partial charge >= 0.3 is 0 Å². The standard InChI is InChI=1S/C9H7FN2O2/c10-7-4-6(2-1-3-13)5-8-9(7)12-14-11-8/h1-2,4-5,13H,3H2. The monoisotopic (exact) mass is 194 g/mol. The lowest BCUT2D eigenvalue weighted by molar-refractivity contribution is 0.314. The second-order valence-corrected chi connectivity index (χ2v) is 2.72. The Balaban J connectivity index is 2.53. The third kappa shape index (κ3) is 1.49. The normalized spacial score (nSPS) is 11.6. The molecule has 0 unspecified atom stereocenters. The Labute approximate surface area is 78.6 Å². The fourth-order valence-corrected chi connectivity index (χ4v) is 1.16. The summed E-state index contributed by atoms with van der Waals surface area (Å²) in [5, 5.41) is 15.5. The summed E-state index contributed by atoms with van der Waals surface area (Å²) in [4.78, 5) is 0. The van der Waals surface area contributed by atoms with Crippen LogP contribution in [0.3, 0.4) is 0 Å². The zero-order chi connectivity index (χ0) is 9.97. The maximum Gasteiger partial charge on any atom is 0.170 e. The molecule has 2 aromatic rings. The smallest absolute Gasteiger partial charge is 0.170 e. The fraction of sp³-hybridized carbons (Fsp3) is 0.111. The van der Waals surface area contributed by atoms with Gasteiger partial charge in [0.2, 0.25) is 0 Å². The average Bonchev–Trinajstić information content (AvgIpc) is 2.63. The van der Waals surface area contributed by atoms with Gasteiger partial charge in [0.25, 0.3) is 0 Å². The number of halogens is 1. The number of aliphatic hydroxyl groups excluding tert-OH is 1. The minimum atomic E-state index is -0.485. The van der Waals surface area contributed by atoms with Gasteiger partial charge in [-0.05, 0) is 28.0 Å². The first kappa shape index (κ1) is 8.83. The molecule has 1 N–H and O–H groups in total. The molecule has 0 aliphatic carbocycles. The molecule has 14 heavy (non-hydrogen) atoms. The number of nitrogens with zero attached hydrogens (tertiary/aromatic N) is 2. The topological polar surface area (TPSA) is 59.2 Å². The van der Waals surface area contributed by atoms with E-state index in [1.54, 1.807) is 12.1 Å². The summed E-state index contributed by atoms with van der Waals surface area (Å²) in [7, 11) is 0. The van der Waals surface area contributed by atoms with Crippen molar-refractivity contribution in [2.45, 2.75) is 0 Å². The van der Waals surface area contributed by atoms with Crippen molar-refractivity contribution in [3.05, 3.63) is 29.6 Å². The van der Waals surface area contributed by atoms with Gasteiger partial charge in [0.1, 0.15) is 5.52 Å². The fourth-order valence-electron chi connectivity index (χ4n) is 1.16. The lowest BCUT2D eigenvalue weighted by atomic mass is 10.2. The van der Waals surface area contributed by atoms with Crippen LogP contribution >= 0.6 is 0 Å². The highest BCUT2D eigenvalue weighted by Crippen LogP contribution is 2.17. The van der Waals surface area contributed by atoms with E-state index in [9.17, 15) is 4.39 Å². The van der Waals surface area contributed by atoms with Crippen LogP contribution in [0.2, 0.25) is 0 Å². The Hall–Kier alpha value is -1.75. The summed E-state index contributed by atoms with van der Waals surface area (Å²) in [6.45, 7) is -0.0866. The van der Waals surface area contributed by atoms with Crippen LogP contribution in [-0.2, 0) is 0 Å². The third-order valence-corrected chi connectivity index (χ3v) is 1.75. The Morgan fingerprint density at radius 1 is 1.43 bits per heavy atom. The van der Waals surface area contributed by atoms with Gasteiger partial charge in [-0.1, -0.05) is 12.2 Å². The maximum atomic E-state index is 13.2. The van der Waals surface area contributed by atoms with Crippen LogP contribution in [0.1, 0.15) is 5.56 Å². The van der Waals surface area contributed by atoms with Crippen molar-refractivity contribution in [3.8, 4) is 0 Å². The Morgan fingerprint density at radius 2 is 2.29 bits per heavy atom. The number of fused-ring (bicyclic) bond motifs is 1. The molecule has 0 aliphatic heterocycles. The van der Waals surface area contributed by atoms with Crippen molar-refractivity contribution >= 4 is 17.1 Å². The third-order valence-electron chi connectivity index (χ3n) is 1.75. The lowest BCUT2D eigenvalue weighted by Gasteiger charge is -1.93. The Bertz CT molecular complexity index is 479. The second kappa shape index (κ2) is 3.55. The molecule has 72 valence electrons. The van der Waals surface area contributed by atoms with E-state index in [0.717, 1.165) is 0 Å². The molecule has 1 aromatic heterocycles. The highest BCUT2D eigenvalue weighted by atomic mass is 19.1. The number of rotatable bonds is 2. The van der Waals surface area contributed by atoms with Crippen LogP contribution in [0, 0.1) is 5.82 Å². The molecule has 0 amide bonds. The summed E-state index contributed by atoms with van der Waals surface area (Å²) < 4.78 is 17.6. The van der Waals surface area contributed by atoms with Crippen molar-refractivity contribution in [3.63, 3.8) is 0 Å². The molecular formula is C9H7FN2O2. The summed E-state index contributed by atoms with van der Waals surface area (Å²) in [6, 6.07) is 2.93. The molecule has 0 saturated heterocycles. The van der Waals surface area contributed by atoms with E-state index < -0.39 is 5.82 Å². The van der Waals surface area contributed by atoms with E-state index in [0.29, 0.717) is 11.1 Å². The molecular weight excluding hydrogens is 187 g/mol. The minimum absolute atomic E-state index is 0.0866. The van der Waals surface area contributed by atoms with Crippen molar-refractivity contribution in [1.82, 2.24) is 10.3 Å². The molecule has 0 bridgehead atoms. The van der Waals surface area contributed by atoms with Gasteiger partial charge in [-0.2, -0.15) is 0 Å². The van der Waals surface area contributed by atoms with Gasteiger partial charge in [-0.15, -0.1) is 0 Å². The SMILES string of the molecule is OCC=Cc1cc(F)c2nonc2c1. The summed E-state index contributed by atoms with van der Waals surface area (Å²) in [5.41, 5.74) is 1.09. The van der Waals surface area contributed by atoms with Gasteiger partial charge in [0, 0.05) is 0 Å². The van der Waals surface area contributed by atoms with Gasteiger partial charge in [-0.3, -0.25) is 0 Å². The first-order valence-electron chi connectivity index (χ1n) is 4.00. The van der Waals surface area contributed by atoms with Gasteiger partial charge in [0.15, 0.2) is 11.3 Å². The largest absolute Gasteiger partial charge is 0.392 e. The van der Waals surface area contributed by atoms with Crippen LogP contribution in [0.15, 0.2) is 22.8 Å². The van der Waals surface area contributed by atoms with Gasteiger partial charge in [-0.25, -0.2) is 9.02 Å². The molecule has 2 rings (SSSR count). The van der Waals surface area contributed by atoms with Crippen molar-refractivity contribution < 1.29 is 14.1 Å². The molecule has 0 aliphatic rings. The predicted molar refractivity (Wildman–Crippen MR) is 47.9 cm³/mol. The number of hydrogen-bond donors (Lipinski definition) is 1. The molecule has 4 nitrogen and oxygen atoms in total. The quantitative estimate of drug-likeness (QED) is 0.784. The molecule has 0 spiro atoms. The zero-order valence-corrected chi connectivity index (χ0v) is 7.14. The van der Waals surface area contributed by atoms with Crippen LogP contribution in [0.4, 0.5) is 4.39 Å². The van der Waals surface area contributed by atoms with E-state index in [-0.39, 0.29) is 12.1 Å². The molecule has 0 radical (unpaired) electrons. The molecule has 1 aromatic carbocycles. The first-order chi connectivity index (χ1) is 6.81. The number of hydrogen-bond acceptors (Lipinski definition) is 4. The molecule has 0 atom stereocenters. The van der Waals surface area contributed by atoms with Crippen LogP contribution < -0.4 is 0 Å². The average molecular weight is 194 g/mol. The van der Waals surface area contributed by atoms with Crippen LogP contribution in [-0.4, -0.2) is 22.0 Å². The molecule has 0 saturated carbocycles. The van der Waals surface area contributed by atoms with Crippen molar-refractivity contribution in [1.29, 1.82) is 0 Å². The van der Waals surface area contributed by atoms with E-state index >= 15 is 0 Å². The zero-order valence-electron chi connectivity index (χ0n) is 7.14. The molecule has 5 heteroatoms. The van der Waals surface area contributed by atoms with Crippen LogP contribution in [0.5, 0.6) is 0 Å². The minimum Gasteiger partial charge on any atom is -0.392 e. The van der Waals surface area contributed by atoms with Crippen molar-refractivity contribution in [2.24, 2.45) is 0 Å². The number of aliphatic hydroxyl groups is 1. The second-order valence-electron chi connectivity index (χ2n) is 2.72. The van der Waals surface area contributed by atoms with Gasteiger partial charge in [0.05, 0.1) is 6.61 Å². The van der Waals surface area contributed by atoms with Crippen molar-refractivity contribution in [2.75, 3.05) is 6.61 Å². The summed E-state index contributed by atoms with van der Waals surface area (Å²) in [6.07, 6.45) is 3.10.